The summed E-state index contributed by atoms with van der Waals surface area (Å²) >= 11 is 0. The Morgan fingerprint density at radius 1 is 0.932 bits per heavy atom. The minimum Gasteiger partial charge on any atom is -0.392 e. The molecule has 0 bridgehead atoms. The summed E-state index contributed by atoms with van der Waals surface area (Å²) in [6.07, 6.45) is 0.131. The summed E-state index contributed by atoms with van der Waals surface area (Å²) in [4.78, 5) is 25.8. The number of hydroxylamine groups is 1. The van der Waals surface area contributed by atoms with E-state index >= 15 is 0 Å². The van der Waals surface area contributed by atoms with Crippen LogP contribution in [0.3, 0.4) is 0 Å². The number of carbonyl (C=O) groups excluding carboxylic acids is 2. The summed E-state index contributed by atoms with van der Waals surface area (Å²) in [5, 5.41) is 32.0. The van der Waals surface area contributed by atoms with Gasteiger partial charge in [0.1, 0.15) is 0 Å². The Morgan fingerprint density at radius 3 is 2.32 bits per heavy atom. The van der Waals surface area contributed by atoms with Gasteiger partial charge in [0.05, 0.1) is 24.9 Å². The van der Waals surface area contributed by atoms with Crippen molar-refractivity contribution in [3.8, 4) is 0 Å². The fourth-order valence-electron chi connectivity index (χ4n) is 5.30. The van der Waals surface area contributed by atoms with Crippen molar-refractivity contribution in [3.63, 3.8) is 0 Å². The molecule has 2 amide bonds. The second-order valence-corrected chi connectivity index (χ2v) is 11.3. The second-order valence-electron chi connectivity index (χ2n) is 11.3. The predicted molar refractivity (Wildman–Crippen MR) is 165 cm³/mol. The van der Waals surface area contributed by atoms with E-state index in [1.807, 2.05) is 86.8 Å². The number of unbranched alkanes of at least 4 members (excludes halogenated alkanes) is 1. The van der Waals surface area contributed by atoms with Crippen molar-refractivity contribution in [2.45, 2.75) is 76.3 Å². The lowest BCUT2D eigenvalue weighted by molar-refractivity contribution is -0.253. The fourth-order valence-corrected chi connectivity index (χ4v) is 5.30. The number of carbonyl (C=O) groups is 2. The minimum atomic E-state index is -0.701. The molecule has 4 rings (SSSR count). The molecule has 1 heterocycles. The van der Waals surface area contributed by atoms with E-state index in [9.17, 15) is 19.8 Å². The number of likely N-dealkylation sites (N-methyl/N-ethyl adjacent to an activating group) is 1. The van der Waals surface area contributed by atoms with Gasteiger partial charge < -0.3 is 25.0 Å². The molecule has 3 aromatic carbocycles. The van der Waals surface area contributed by atoms with Gasteiger partial charge in [0.25, 0.3) is 0 Å². The van der Waals surface area contributed by atoms with Crippen LogP contribution in [-0.2, 0) is 25.7 Å². The first-order valence-corrected chi connectivity index (χ1v) is 15.0. The van der Waals surface area contributed by atoms with Crippen LogP contribution in [0.1, 0.15) is 79.8 Å². The topological polar surface area (TPSA) is 141 Å². The van der Waals surface area contributed by atoms with E-state index in [0.717, 1.165) is 22.3 Å². The van der Waals surface area contributed by atoms with Gasteiger partial charge in [-0.05, 0) is 55.6 Å². The van der Waals surface area contributed by atoms with Crippen LogP contribution in [-0.4, -0.2) is 57.9 Å². The Bertz CT molecular complexity index is 1340. The zero-order valence-electron chi connectivity index (χ0n) is 25.3. The highest BCUT2D eigenvalue weighted by Gasteiger charge is 2.34. The van der Waals surface area contributed by atoms with Gasteiger partial charge in [-0.1, -0.05) is 66.7 Å². The number of hydrogen-bond acceptors (Lipinski definition) is 8. The van der Waals surface area contributed by atoms with Gasteiger partial charge in [-0.3, -0.25) is 19.7 Å². The fraction of sp³-hybridized carbons (Fsp3) is 0.412. The van der Waals surface area contributed by atoms with Crippen molar-refractivity contribution in [3.05, 3.63) is 101 Å². The third-order valence-corrected chi connectivity index (χ3v) is 8.02. The number of amides is 2. The number of nitrogens with one attached hydrogen (secondary N) is 2. The Kier molecular flexibility index (Phi) is 12.4. The summed E-state index contributed by atoms with van der Waals surface area (Å²) in [5.41, 5.74) is 5.60. The van der Waals surface area contributed by atoms with Gasteiger partial charge in [0.2, 0.25) is 11.8 Å². The van der Waals surface area contributed by atoms with E-state index in [1.54, 1.807) is 11.5 Å². The molecule has 0 spiro atoms. The molecule has 0 aromatic heterocycles. The van der Waals surface area contributed by atoms with Gasteiger partial charge in [-0.2, -0.15) is 0 Å². The summed E-state index contributed by atoms with van der Waals surface area (Å²) in [6.45, 7) is 2.51. The number of anilines is 1. The minimum absolute atomic E-state index is 0.0386. The molecule has 236 valence electrons. The van der Waals surface area contributed by atoms with E-state index in [1.165, 1.54) is 0 Å². The lowest BCUT2D eigenvalue weighted by Crippen LogP contribution is -2.43. The van der Waals surface area contributed by atoms with Crippen LogP contribution in [0, 0.1) is 0 Å². The first-order chi connectivity index (χ1) is 21.3. The highest BCUT2D eigenvalue weighted by Crippen LogP contribution is 2.39. The molecule has 5 N–H and O–H groups in total. The lowest BCUT2D eigenvalue weighted by Gasteiger charge is -2.39. The summed E-state index contributed by atoms with van der Waals surface area (Å²) in [6, 6.07) is 24.5. The van der Waals surface area contributed by atoms with Gasteiger partial charge in [-0.15, -0.1) is 0 Å². The van der Waals surface area contributed by atoms with Gasteiger partial charge >= 0.3 is 0 Å². The molecule has 0 aliphatic carbocycles. The SMILES string of the molecule is C[C@H]([C@@H](O)c1ccccc1)N(C)C[C@H]1C[C@@H](c2ccc(CO)cc2)O[C@@H](c2cccc(NC(=O)CCCCC(=O)NO)c2)O1. The van der Waals surface area contributed by atoms with Crippen LogP contribution >= 0.6 is 0 Å². The van der Waals surface area contributed by atoms with E-state index < -0.39 is 18.3 Å². The number of aliphatic hydroxyl groups excluding tert-OH is 2. The number of aliphatic hydroxyl groups is 2. The maximum atomic E-state index is 12.5. The van der Waals surface area contributed by atoms with E-state index in [-0.39, 0.29) is 43.6 Å². The van der Waals surface area contributed by atoms with Crippen LogP contribution in [0.25, 0.3) is 0 Å². The first-order valence-electron chi connectivity index (χ1n) is 15.0. The maximum Gasteiger partial charge on any atom is 0.243 e. The highest BCUT2D eigenvalue weighted by atomic mass is 16.7. The molecular formula is C34H43N3O7. The van der Waals surface area contributed by atoms with Crippen molar-refractivity contribution >= 4 is 17.5 Å². The van der Waals surface area contributed by atoms with Crippen LogP contribution in [0.5, 0.6) is 0 Å². The predicted octanol–water partition coefficient (Wildman–Crippen LogP) is 4.78. The number of ether oxygens (including phenoxy) is 2. The quantitative estimate of drug-likeness (QED) is 0.100. The summed E-state index contributed by atoms with van der Waals surface area (Å²) < 4.78 is 13.0. The molecular weight excluding hydrogens is 562 g/mol. The van der Waals surface area contributed by atoms with Gasteiger partial charge in [0, 0.05) is 43.1 Å². The molecule has 44 heavy (non-hydrogen) atoms. The Hall–Kier alpha value is -3.64. The Balaban J connectivity index is 1.46. The largest absolute Gasteiger partial charge is 0.392 e. The van der Waals surface area contributed by atoms with Gasteiger partial charge in [0.15, 0.2) is 6.29 Å². The molecule has 1 aliphatic heterocycles. The van der Waals surface area contributed by atoms with E-state index in [4.69, 9.17) is 14.7 Å². The zero-order chi connectivity index (χ0) is 31.5. The normalized spacial score (nSPS) is 19.7. The molecule has 1 saturated heterocycles. The van der Waals surface area contributed by atoms with Crippen LogP contribution < -0.4 is 10.8 Å². The molecule has 0 radical (unpaired) electrons. The highest BCUT2D eigenvalue weighted by molar-refractivity contribution is 5.90. The van der Waals surface area contributed by atoms with Crippen molar-refractivity contribution in [1.29, 1.82) is 0 Å². The molecule has 1 fully saturated rings. The monoisotopic (exact) mass is 605 g/mol. The average Bonchev–Trinajstić information content (AvgIpc) is 3.06. The molecule has 10 heteroatoms. The zero-order valence-corrected chi connectivity index (χ0v) is 25.3. The third-order valence-electron chi connectivity index (χ3n) is 8.02. The third kappa shape index (κ3) is 9.43. The van der Waals surface area contributed by atoms with E-state index in [0.29, 0.717) is 31.5 Å². The van der Waals surface area contributed by atoms with Crippen molar-refractivity contribution < 1.29 is 34.5 Å². The van der Waals surface area contributed by atoms with E-state index in [2.05, 4.69) is 10.2 Å². The van der Waals surface area contributed by atoms with Crippen LogP contribution in [0.4, 0.5) is 5.69 Å². The number of nitrogens with zero attached hydrogens (tertiary/aromatic N) is 1. The average molecular weight is 606 g/mol. The standard InChI is InChI=1S/C34H43N3O7/c1-23(33(41)26-9-4-3-5-10-26)37(2)21-29-20-30(25-17-15-24(22-38)16-18-25)44-34(43-29)27-11-8-12-28(19-27)35-31(39)13-6-7-14-32(40)36-42/h3-5,8-12,15-19,23,29-30,33-34,38,41-42H,6-7,13-14,20-22H2,1-2H3,(H,35,39)(H,36,40)/t23-,29-,30+,33-,34+/m1/s1. The second kappa shape index (κ2) is 16.4. The summed E-state index contributed by atoms with van der Waals surface area (Å²) in [7, 11) is 1.97. The van der Waals surface area contributed by atoms with Gasteiger partial charge in [-0.25, -0.2) is 5.48 Å². The smallest absolute Gasteiger partial charge is 0.243 e. The summed E-state index contributed by atoms with van der Waals surface area (Å²) in [5.74, 6) is -0.649. The molecule has 5 atom stereocenters. The number of hydrogen-bond donors (Lipinski definition) is 5. The van der Waals surface area contributed by atoms with Crippen LogP contribution in [0.2, 0.25) is 0 Å². The van der Waals surface area contributed by atoms with Crippen molar-refractivity contribution in [2.24, 2.45) is 0 Å². The Morgan fingerprint density at radius 2 is 1.64 bits per heavy atom. The maximum absolute atomic E-state index is 12.5. The van der Waals surface area contributed by atoms with Crippen molar-refractivity contribution in [2.75, 3.05) is 18.9 Å². The molecule has 10 nitrogen and oxygen atoms in total. The van der Waals surface area contributed by atoms with Crippen molar-refractivity contribution in [1.82, 2.24) is 10.4 Å². The first kappa shape index (κ1) is 33.3. The number of rotatable bonds is 14. The lowest BCUT2D eigenvalue weighted by atomic mass is 9.98. The van der Waals surface area contributed by atoms with Crippen LogP contribution in [0.15, 0.2) is 78.9 Å². The molecule has 0 saturated carbocycles. The molecule has 1 aliphatic rings. The number of benzene rings is 3. The molecule has 0 unspecified atom stereocenters. The molecule has 3 aromatic rings. The Labute approximate surface area is 258 Å².